The highest BCUT2D eigenvalue weighted by atomic mass is 32.2. The van der Waals surface area contributed by atoms with Gasteiger partial charge in [0.15, 0.2) is 0 Å². The van der Waals surface area contributed by atoms with E-state index in [9.17, 15) is 18.0 Å². The molecule has 2 amide bonds. The number of anilines is 1. The summed E-state index contributed by atoms with van der Waals surface area (Å²) in [4.78, 5) is 29.2. The molecule has 3 aliphatic heterocycles. The molecule has 3 aliphatic rings. The second-order valence-electron chi connectivity index (χ2n) is 8.45. The van der Waals surface area contributed by atoms with Crippen LogP contribution in [0.4, 0.5) is 5.69 Å². The van der Waals surface area contributed by atoms with Crippen LogP contribution < -0.4 is 9.46 Å². The number of carbonyl (C=O) groups is 2. The molecule has 1 aromatic rings. The van der Waals surface area contributed by atoms with Gasteiger partial charge in [-0.15, -0.1) is 0 Å². The minimum atomic E-state index is -3.47. The van der Waals surface area contributed by atoms with Crippen LogP contribution >= 0.6 is 0 Å². The smallest absolute Gasteiger partial charge is 0.257 e. The van der Waals surface area contributed by atoms with E-state index in [0.29, 0.717) is 62.6 Å². The summed E-state index contributed by atoms with van der Waals surface area (Å²) >= 11 is 0. The van der Waals surface area contributed by atoms with Crippen LogP contribution in [0.2, 0.25) is 0 Å². The zero-order valence-corrected chi connectivity index (χ0v) is 19.1. The van der Waals surface area contributed by atoms with Crippen LogP contribution in [0.3, 0.4) is 0 Å². The molecule has 2 fully saturated rings. The summed E-state index contributed by atoms with van der Waals surface area (Å²) in [5.74, 6) is 0.164. The van der Waals surface area contributed by atoms with Crippen LogP contribution in [-0.2, 0) is 24.3 Å². The van der Waals surface area contributed by atoms with Crippen molar-refractivity contribution in [3.8, 4) is 5.75 Å². The van der Waals surface area contributed by atoms with Crippen molar-refractivity contribution in [3.63, 3.8) is 0 Å². The molecule has 2 saturated heterocycles. The van der Waals surface area contributed by atoms with Gasteiger partial charge in [-0.25, -0.2) is 8.42 Å². The van der Waals surface area contributed by atoms with Crippen LogP contribution in [-0.4, -0.2) is 94.5 Å². The molecule has 10 nitrogen and oxygen atoms in total. The van der Waals surface area contributed by atoms with Gasteiger partial charge < -0.3 is 24.0 Å². The van der Waals surface area contributed by atoms with Crippen molar-refractivity contribution in [2.75, 3.05) is 50.9 Å². The molecule has 1 aromatic carbocycles. The molecular weight excluding hydrogens is 438 g/mol. The fraction of sp³-hybridized carbons (Fsp3) is 0.619. The van der Waals surface area contributed by atoms with E-state index in [-0.39, 0.29) is 36.7 Å². The third kappa shape index (κ3) is 5.16. The SMILES string of the molecule is CN1C(=O)c2cc(NS(C)(=O)=O)ccc2OC[C@@H]2O[C@@H](CC(=O)N3CCOCC3)CC[C@@H]21. The highest BCUT2D eigenvalue weighted by Crippen LogP contribution is 2.32. The van der Waals surface area contributed by atoms with Gasteiger partial charge in [0.25, 0.3) is 5.91 Å². The highest BCUT2D eigenvalue weighted by Gasteiger charge is 2.39. The van der Waals surface area contributed by atoms with Gasteiger partial charge in [0.2, 0.25) is 15.9 Å². The lowest BCUT2D eigenvalue weighted by Crippen LogP contribution is -2.54. The Hall–Kier alpha value is -2.37. The average Bonchev–Trinajstić information content (AvgIpc) is 2.76. The Morgan fingerprint density at radius 3 is 2.69 bits per heavy atom. The molecule has 0 unspecified atom stereocenters. The number of rotatable bonds is 4. The van der Waals surface area contributed by atoms with Crippen molar-refractivity contribution < 1.29 is 32.2 Å². The number of hydrogen-bond donors (Lipinski definition) is 1. The van der Waals surface area contributed by atoms with Crippen LogP contribution in [0.5, 0.6) is 5.75 Å². The Labute approximate surface area is 187 Å². The fourth-order valence-corrected chi connectivity index (χ4v) is 5.00. The largest absolute Gasteiger partial charge is 0.490 e. The van der Waals surface area contributed by atoms with Crippen molar-refractivity contribution in [2.45, 2.75) is 37.5 Å². The fourth-order valence-electron chi connectivity index (χ4n) is 4.44. The molecule has 0 radical (unpaired) electrons. The molecule has 11 heteroatoms. The van der Waals surface area contributed by atoms with Crippen molar-refractivity contribution in [3.05, 3.63) is 23.8 Å². The number of fused-ring (bicyclic) bond motifs is 2. The minimum absolute atomic E-state index is 0.0594. The first-order valence-electron chi connectivity index (χ1n) is 10.7. The summed E-state index contributed by atoms with van der Waals surface area (Å²) in [6.07, 6.45) is 2.13. The first-order valence-corrected chi connectivity index (χ1v) is 12.6. The number of benzene rings is 1. The number of hydrogen-bond acceptors (Lipinski definition) is 7. The normalized spacial score (nSPS) is 26.3. The Kier molecular flexibility index (Phi) is 6.59. The van der Waals surface area contributed by atoms with Crippen molar-refractivity contribution in [2.24, 2.45) is 0 Å². The summed E-state index contributed by atoms with van der Waals surface area (Å²) in [5, 5.41) is 0. The van der Waals surface area contributed by atoms with E-state index in [4.69, 9.17) is 14.2 Å². The van der Waals surface area contributed by atoms with Crippen LogP contribution in [0.15, 0.2) is 18.2 Å². The second-order valence-corrected chi connectivity index (χ2v) is 10.2. The zero-order valence-electron chi connectivity index (χ0n) is 18.3. The monoisotopic (exact) mass is 467 g/mol. The van der Waals surface area contributed by atoms with E-state index < -0.39 is 10.0 Å². The highest BCUT2D eigenvalue weighted by molar-refractivity contribution is 7.92. The van der Waals surface area contributed by atoms with Crippen LogP contribution in [0.25, 0.3) is 0 Å². The van der Waals surface area contributed by atoms with E-state index in [1.165, 1.54) is 6.07 Å². The Morgan fingerprint density at radius 2 is 1.97 bits per heavy atom. The van der Waals surface area contributed by atoms with Crippen LogP contribution in [0.1, 0.15) is 29.6 Å². The molecule has 0 aromatic heterocycles. The lowest BCUT2D eigenvalue weighted by Gasteiger charge is -2.42. The Morgan fingerprint density at radius 1 is 1.22 bits per heavy atom. The Balaban J connectivity index is 1.46. The third-order valence-corrected chi connectivity index (χ3v) is 6.69. The molecule has 0 bridgehead atoms. The molecule has 1 N–H and O–H groups in total. The number of nitrogens with zero attached hydrogens (tertiary/aromatic N) is 2. The number of nitrogens with one attached hydrogen (secondary N) is 1. The van der Waals surface area contributed by atoms with Gasteiger partial charge in [-0.3, -0.25) is 14.3 Å². The summed E-state index contributed by atoms with van der Waals surface area (Å²) in [7, 11) is -1.75. The van der Waals surface area contributed by atoms with Gasteiger partial charge in [0.1, 0.15) is 18.5 Å². The quantitative estimate of drug-likeness (QED) is 0.693. The summed E-state index contributed by atoms with van der Waals surface area (Å²) < 4.78 is 42.9. The zero-order chi connectivity index (χ0) is 22.9. The molecule has 32 heavy (non-hydrogen) atoms. The molecule has 4 rings (SSSR count). The van der Waals surface area contributed by atoms with E-state index in [1.807, 2.05) is 4.90 Å². The second kappa shape index (κ2) is 9.24. The first kappa shape index (κ1) is 22.8. The van der Waals surface area contributed by atoms with Gasteiger partial charge in [-0.2, -0.15) is 0 Å². The van der Waals surface area contributed by atoms with E-state index in [1.54, 1.807) is 24.1 Å². The molecule has 176 valence electrons. The maximum absolute atomic E-state index is 13.2. The number of ether oxygens (including phenoxy) is 3. The number of carbonyl (C=O) groups excluding carboxylic acids is 2. The molecule has 0 saturated carbocycles. The van der Waals surface area contributed by atoms with Gasteiger partial charge in [0.05, 0.1) is 43.6 Å². The summed E-state index contributed by atoms with van der Waals surface area (Å²) in [6.45, 7) is 2.55. The maximum atomic E-state index is 13.2. The van der Waals surface area contributed by atoms with Gasteiger partial charge in [0, 0.05) is 25.8 Å². The lowest BCUT2D eigenvalue weighted by atomic mass is 9.94. The van der Waals surface area contributed by atoms with Crippen molar-refractivity contribution in [1.82, 2.24) is 9.80 Å². The van der Waals surface area contributed by atoms with Gasteiger partial charge in [-0.1, -0.05) is 0 Å². The predicted octanol–water partition coefficient (Wildman–Crippen LogP) is 0.688. The minimum Gasteiger partial charge on any atom is -0.490 e. The maximum Gasteiger partial charge on any atom is 0.257 e. The number of amides is 2. The lowest BCUT2D eigenvalue weighted by molar-refractivity contribution is -0.146. The van der Waals surface area contributed by atoms with Gasteiger partial charge >= 0.3 is 0 Å². The topological polar surface area (TPSA) is 114 Å². The molecule has 0 aliphatic carbocycles. The number of sulfonamides is 1. The molecular formula is C21H29N3O7S. The molecule has 0 spiro atoms. The van der Waals surface area contributed by atoms with Crippen LogP contribution in [0, 0.1) is 0 Å². The summed E-state index contributed by atoms with van der Waals surface area (Å²) in [5.41, 5.74) is 0.597. The van der Waals surface area contributed by atoms with Crippen molar-refractivity contribution >= 4 is 27.5 Å². The molecule has 3 heterocycles. The Bertz CT molecular complexity index is 978. The number of morpholine rings is 1. The standard InChI is InChI=1S/C21H29N3O7S/c1-23-17-5-4-15(12-20(25)24-7-9-29-10-8-24)31-19(17)13-30-18-6-3-14(22-32(2,27)28)11-16(18)21(23)26/h3,6,11,15,17,19,22H,4-5,7-10,12-13H2,1-2H3/t15-,17+,19+/m1/s1. The van der Waals surface area contributed by atoms with E-state index in [2.05, 4.69) is 4.72 Å². The van der Waals surface area contributed by atoms with E-state index >= 15 is 0 Å². The number of likely N-dealkylation sites (N-methyl/N-ethyl adjacent to an activating group) is 1. The predicted molar refractivity (Wildman–Crippen MR) is 116 cm³/mol. The average molecular weight is 468 g/mol. The third-order valence-electron chi connectivity index (χ3n) is 6.08. The van der Waals surface area contributed by atoms with E-state index in [0.717, 1.165) is 6.26 Å². The van der Waals surface area contributed by atoms with Crippen molar-refractivity contribution in [1.29, 1.82) is 0 Å². The molecule has 3 atom stereocenters. The first-order chi connectivity index (χ1) is 15.2. The summed E-state index contributed by atoms with van der Waals surface area (Å²) in [6, 6.07) is 4.43. The van der Waals surface area contributed by atoms with Gasteiger partial charge in [-0.05, 0) is 31.0 Å².